The Bertz CT molecular complexity index is 1040. The predicted octanol–water partition coefficient (Wildman–Crippen LogP) is 3.00. The van der Waals surface area contributed by atoms with E-state index in [9.17, 15) is 5.26 Å². The molecule has 2 N–H and O–H groups in total. The van der Waals surface area contributed by atoms with Gasteiger partial charge in [0.2, 0.25) is 0 Å². The smallest absolute Gasteiger partial charge is 0.165 e. The molecular formula is C17H11N5. The zero-order valence-corrected chi connectivity index (χ0v) is 11.6. The Morgan fingerprint density at radius 3 is 2.50 bits per heavy atom. The van der Waals surface area contributed by atoms with Crippen molar-refractivity contribution in [3.05, 3.63) is 60.2 Å². The van der Waals surface area contributed by atoms with Gasteiger partial charge in [0.25, 0.3) is 0 Å². The average Bonchev–Trinajstić information content (AvgIpc) is 2.95. The van der Waals surface area contributed by atoms with Crippen LogP contribution in [0.1, 0.15) is 5.56 Å². The van der Waals surface area contributed by atoms with Gasteiger partial charge in [-0.3, -0.25) is 0 Å². The van der Waals surface area contributed by atoms with Crippen molar-refractivity contribution in [1.29, 1.82) is 5.26 Å². The first-order valence-electron chi connectivity index (χ1n) is 6.82. The average molecular weight is 285 g/mol. The highest BCUT2D eigenvalue weighted by molar-refractivity contribution is 5.94. The second kappa shape index (κ2) is 4.57. The highest BCUT2D eigenvalue weighted by Gasteiger charge is 2.17. The van der Waals surface area contributed by atoms with Gasteiger partial charge in [0.15, 0.2) is 5.65 Å². The van der Waals surface area contributed by atoms with Crippen LogP contribution in [0.2, 0.25) is 0 Å². The number of aromatic nitrogens is 3. The van der Waals surface area contributed by atoms with Crippen LogP contribution in [0, 0.1) is 11.3 Å². The maximum atomic E-state index is 9.48. The molecule has 4 rings (SSSR count). The summed E-state index contributed by atoms with van der Waals surface area (Å²) in [5, 5.41) is 14.8. The van der Waals surface area contributed by atoms with Crippen molar-refractivity contribution < 1.29 is 0 Å². The first-order valence-corrected chi connectivity index (χ1v) is 6.82. The summed E-state index contributed by atoms with van der Waals surface area (Å²) in [4.78, 5) is 4.66. The minimum atomic E-state index is 0.308. The zero-order valence-electron chi connectivity index (χ0n) is 11.6. The molecule has 0 aliphatic rings. The number of nitriles is 1. The van der Waals surface area contributed by atoms with Crippen molar-refractivity contribution >= 4 is 22.4 Å². The van der Waals surface area contributed by atoms with Crippen LogP contribution in [0.15, 0.2) is 54.6 Å². The quantitative estimate of drug-likeness (QED) is 0.583. The van der Waals surface area contributed by atoms with Crippen molar-refractivity contribution in [1.82, 2.24) is 14.6 Å². The van der Waals surface area contributed by atoms with Crippen molar-refractivity contribution in [2.45, 2.75) is 0 Å². The maximum absolute atomic E-state index is 9.48. The second-order valence-electron chi connectivity index (χ2n) is 4.95. The largest absolute Gasteiger partial charge is 0.382 e. The predicted molar refractivity (Wildman–Crippen MR) is 85.1 cm³/mol. The zero-order chi connectivity index (χ0) is 15.1. The van der Waals surface area contributed by atoms with Crippen LogP contribution in [0.4, 0.5) is 5.82 Å². The molecule has 2 aromatic heterocycles. The Labute approximate surface area is 126 Å². The monoisotopic (exact) mass is 285 g/mol. The fourth-order valence-electron chi connectivity index (χ4n) is 2.60. The van der Waals surface area contributed by atoms with Crippen LogP contribution < -0.4 is 5.73 Å². The highest BCUT2D eigenvalue weighted by atomic mass is 15.3. The van der Waals surface area contributed by atoms with Gasteiger partial charge in [-0.05, 0) is 12.1 Å². The molecule has 0 bridgehead atoms. The van der Waals surface area contributed by atoms with Crippen LogP contribution in [0.25, 0.3) is 27.8 Å². The molecule has 0 fully saturated rings. The van der Waals surface area contributed by atoms with E-state index >= 15 is 0 Å². The normalized spacial score (nSPS) is 10.9. The van der Waals surface area contributed by atoms with Crippen molar-refractivity contribution in [3.63, 3.8) is 0 Å². The van der Waals surface area contributed by atoms with Gasteiger partial charge in [0.1, 0.15) is 17.5 Å². The maximum Gasteiger partial charge on any atom is 0.165 e. The van der Waals surface area contributed by atoms with E-state index in [1.807, 2.05) is 54.6 Å². The molecule has 22 heavy (non-hydrogen) atoms. The lowest BCUT2D eigenvalue weighted by Crippen LogP contribution is -2.05. The fourth-order valence-corrected chi connectivity index (χ4v) is 2.60. The molecule has 104 valence electrons. The first-order chi connectivity index (χ1) is 10.8. The molecular weight excluding hydrogens is 274 g/mol. The number of nitrogens with zero attached hydrogens (tertiary/aromatic N) is 4. The molecule has 0 unspecified atom stereocenters. The summed E-state index contributed by atoms with van der Waals surface area (Å²) in [6.45, 7) is 0. The number of rotatable bonds is 1. The molecule has 0 spiro atoms. The van der Waals surface area contributed by atoms with Gasteiger partial charge in [0, 0.05) is 10.9 Å². The molecule has 0 saturated heterocycles. The minimum absolute atomic E-state index is 0.308. The van der Waals surface area contributed by atoms with Crippen molar-refractivity contribution in [3.8, 4) is 17.3 Å². The summed E-state index contributed by atoms with van der Waals surface area (Å²) >= 11 is 0. The Balaban J connectivity index is 2.17. The van der Waals surface area contributed by atoms with E-state index in [1.165, 1.54) is 4.52 Å². The third kappa shape index (κ3) is 1.64. The SMILES string of the molecule is N#Cc1c(-c2ccccc2)nc2c3ccccc3nn2c1N. The molecule has 0 aliphatic carbocycles. The summed E-state index contributed by atoms with van der Waals surface area (Å²) in [6.07, 6.45) is 0. The Hall–Kier alpha value is -3.39. The van der Waals surface area contributed by atoms with Crippen LogP contribution in [0.3, 0.4) is 0 Å². The summed E-state index contributed by atoms with van der Waals surface area (Å²) in [5.41, 5.74) is 9.41. The Morgan fingerprint density at radius 2 is 1.73 bits per heavy atom. The van der Waals surface area contributed by atoms with E-state index in [0.717, 1.165) is 16.5 Å². The van der Waals surface area contributed by atoms with Gasteiger partial charge in [-0.1, -0.05) is 42.5 Å². The molecule has 0 saturated carbocycles. The third-order valence-corrected chi connectivity index (χ3v) is 3.65. The van der Waals surface area contributed by atoms with Crippen LogP contribution in [0.5, 0.6) is 0 Å². The second-order valence-corrected chi connectivity index (χ2v) is 4.95. The standard InChI is InChI=1S/C17H11N5/c18-10-13-15(11-6-2-1-3-7-11)20-17-12-8-4-5-9-14(12)21-22(17)16(13)19/h1-9H,19H2. The molecule has 5 heteroatoms. The van der Waals surface area contributed by atoms with Crippen molar-refractivity contribution in [2.75, 3.05) is 5.73 Å². The summed E-state index contributed by atoms with van der Waals surface area (Å²) in [7, 11) is 0. The molecule has 0 atom stereocenters. The van der Waals surface area contributed by atoms with Gasteiger partial charge in [0.05, 0.1) is 11.2 Å². The number of hydrogen-bond acceptors (Lipinski definition) is 4. The Kier molecular flexibility index (Phi) is 2.57. The summed E-state index contributed by atoms with van der Waals surface area (Å²) in [6, 6.07) is 19.4. The number of benzene rings is 2. The molecule has 0 aliphatic heterocycles. The topological polar surface area (TPSA) is 80.0 Å². The van der Waals surface area contributed by atoms with E-state index in [0.29, 0.717) is 22.7 Å². The molecule has 5 nitrogen and oxygen atoms in total. The van der Waals surface area contributed by atoms with E-state index in [4.69, 9.17) is 5.73 Å². The van der Waals surface area contributed by atoms with E-state index < -0.39 is 0 Å². The lowest BCUT2D eigenvalue weighted by molar-refractivity contribution is 0.967. The lowest BCUT2D eigenvalue weighted by Gasteiger charge is -2.08. The summed E-state index contributed by atoms with van der Waals surface area (Å²) in [5.74, 6) is 0.308. The fraction of sp³-hybridized carbons (Fsp3) is 0. The van der Waals surface area contributed by atoms with Crippen molar-refractivity contribution in [2.24, 2.45) is 0 Å². The Morgan fingerprint density at radius 1 is 1.00 bits per heavy atom. The van der Waals surface area contributed by atoms with Gasteiger partial charge in [-0.2, -0.15) is 14.9 Å². The molecule has 2 aromatic carbocycles. The third-order valence-electron chi connectivity index (χ3n) is 3.65. The number of hydrogen-bond donors (Lipinski definition) is 1. The minimum Gasteiger partial charge on any atom is -0.382 e. The van der Waals surface area contributed by atoms with Crippen LogP contribution >= 0.6 is 0 Å². The van der Waals surface area contributed by atoms with E-state index in [1.54, 1.807) is 0 Å². The van der Waals surface area contributed by atoms with Gasteiger partial charge in [-0.15, -0.1) is 0 Å². The summed E-state index contributed by atoms with van der Waals surface area (Å²) < 4.78 is 1.54. The molecule has 2 heterocycles. The van der Waals surface area contributed by atoms with Crippen LogP contribution in [-0.4, -0.2) is 14.6 Å². The van der Waals surface area contributed by atoms with Crippen LogP contribution in [-0.2, 0) is 0 Å². The van der Waals surface area contributed by atoms with Gasteiger partial charge >= 0.3 is 0 Å². The van der Waals surface area contributed by atoms with E-state index in [-0.39, 0.29) is 0 Å². The van der Waals surface area contributed by atoms with Gasteiger partial charge in [-0.25, -0.2) is 4.98 Å². The number of anilines is 1. The first kappa shape index (κ1) is 12.4. The van der Waals surface area contributed by atoms with Gasteiger partial charge < -0.3 is 5.73 Å². The van der Waals surface area contributed by atoms with E-state index in [2.05, 4.69) is 16.2 Å². The lowest BCUT2D eigenvalue weighted by atomic mass is 10.1. The number of nitrogen functional groups attached to an aromatic ring is 1. The number of nitrogens with two attached hydrogens (primary N) is 1. The molecule has 0 amide bonds. The molecule has 4 aromatic rings. The number of fused-ring (bicyclic) bond motifs is 3. The highest BCUT2D eigenvalue weighted by Crippen LogP contribution is 2.29. The molecule has 0 radical (unpaired) electrons.